The van der Waals surface area contributed by atoms with E-state index in [1.807, 2.05) is 32.0 Å². The third-order valence-electron chi connectivity index (χ3n) is 3.57. The first-order valence-corrected chi connectivity index (χ1v) is 7.77. The summed E-state index contributed by atoms with van der Waals surface area (Å²) in [5.41, 5.74) is 1.78. The zero-order chi connectivity index (χ0) is 15.8. The van der Waals surface area contributed by atoms with Crippen LogP contribution < -0.4 is 15.4 Å². The first-order valence-electron chi connectivity index (χ1n) is 7.77. The molecule has 0 radical (unpaired) electrons. The number of carbonyl (C=O) groups is 1. The molecule has 0 saturated carbocycles. The Morgan fingerprint density at radius 1 is 1.36 bits per heavy atom. The van der Waals surface area contributed by atoms with Crippen molar-refractivity contribution in [2.75, 3.05) is 51.3 Å². The van der Waals surface area contributed by atoms with Crippen LogP contribution in [0.5, 0.6) is 5.75 Å². The van der Waals surface area contributed by atoms with Gasteiger partial charge in [0.15, 0.2) is 0 Å². The van der Waals surface area contributed by atoms with Crippen molar-refractivity contribution >= 4 is 11.7 Å². The van der Waals surface area contributed by atoms with E-state index in [0.29, 0.717) is 13.2 Å². The van der Waals surface area contributed by atoms with E-state index >= 15 is 0 Å². The van der Waals surface area contributed by atoms with E-state index in [1.165, 1.54) is 0 Å². The van der Waals surface area contributed by atoms with E-state index in [1.54, 1.807) is 0 Å². The van der Waals surface area contributed by atoms with Crippen LogP contribution in [0.25, 0.3) is 0 Å². The number of morpholine rings is 1. The van der Waals surface area contributed by atoms with E-state index in [9.17, 15) is 4.79 Å². The fourth-order valence-corrected chi connectivity index (χ4v) is 2.35. The van der Waals surface area contributed by atoms with Gasteiger partial charge in [-0.05, 0) is 37.6 Å². The van der Waals surface area contributed by atoms with Crippen LogP contribution in [0.3, 0.4) is 0 Å². The molecule has 0 spiro atoms. The zero-order valence-electron chi connectivity index (χ0n) is 13.4. The van der Waals surface area contributed by atoms with Gasteiger partial charge in [0.25, 0.3) is 0 Å². The van der Waals surface area contributed by atoms with Gasteiger partial charge in [0.2, 0.25) is 0 Å². The van der Waals surface area contributed by atoms with Crippen LogP contribution >= 0.6 is 0 Å². The SMILES string of the molecule is CCOc1ccc(NC(=O)NCCN2CCOCC2)c(C)c1. The zero-order valence-corrected chi connectivity index (χ0v) is 13.4. The number of hydrogen-bond donors (Lipinski definition) is 2. The second-order valence-electron chi connectivity index (χ2n) is 5.24. The summed E-state index contributed by atoms with van der Waals surface area (Å²) in [7, 11) is 0. The first kappa shape index (κ1) is 16.6. The maximum atomic E-state index is 11.9. The summed E-state index contributed by atoms with van der Waals surface area (Å²) in [6.07, 6.45) is 0. The fraction of sp³-hybridized carbons (Fsp3) is 0.562. The van der Waals surface area contributed by atoms with Crippen LogP contribution in [0.1, 0.15) is 12.5 Å². The molecule has 1 aliphatic rings. The molecule has 2 N–H and O–H groups in total. The normalized spacial score (nSPS) is 15.4. The number of ether oxygens (including phenoxy) is 2. The van der Waals surface area contributed by atoms with Crippen LogP contribution in [0.2, 0.25) is 0 Å². The third-order valence-corrected chi connectivity index (χ3v) is 3.57. The molecule has 2 rings (SSSR count). The molecule has 1 saturated heterocycles. The topological polar surface area (TPSA) is 62.8 Å². The van der Waals surface area contributed by atoms with Gasteiger partial charge >= 0.3 is 6.03 Å². The molecule has 22 heavy (non-hydrogen) atoms. The predicted octanol–water partition coefficient (Wildman–Crippen LogP) is 1.85. The maximum absolute atomic E-state index is 11.9. The first-order chi connectivity index (χ1) is 10.7. The molecule has 0 aromatic heterocycles. The van der Waals surface area contributed by atoms with Crippen molar-refractivity contribution in [2.45, 2.75) is 13.8 Å². The summed E-state index contributed by atoms with van der Waals surface area (Å²) in [5.74, 6) is 0.818. The lowest BCUT2D eigenvalue weighted by Gasteiger charge is -2.26. The molecular weight excluding hydrogens is 282 g/mol. The van der Waals surface area contributed by atoms with Crippen molar-refractivity contribution in [3.8, 4) is 5.75 Å². The molecule has 0 bridgehead atoms. The standard InChI is InChI=1S/C16H25N3O3/c1-3-22-14-4-5-15(13(2)12-14)18-16(20)17-6-7-19-8-10-21-11-9-19/h4-5,12H,3,6-11H2,1-2H3,(H2,17,18,20). The van der Waals surface area contributed by atoms with Crippen molar-refractivity contribution in [3.05, 3.63) is 23.8 Å². The molecule has 6 heteroatoms. The van der Waals surface area contributed by atoms with Gasteiger partial charge in [-0.15, -0.1) is 0 Å². The molecule has 1 aliphatic heterocycles. The Balaban J connectivity index is 1.74. The van der Waals surface area contributed by atoms with E-state index in [2.05, 4.69) is 15.5 Å². The summed E-state index contributed by atoms with van der Waals surface area (Å²) in [5, 5.41) is 5.75. The second-order valence-corrected chi connectivity index (χ2v) is 5.24. The van der Waals surface area contributed by atoms with E-state index in [0.717, 1.165) is 49.8 Å². The van der Waals surface area contributed by atoms with Gasteiger partial charge in [-0.25, -0.2) is 4.79 Å². The lowest BCUT2D eigenvalue weighted by atomic mass is 10.2. The van der Waals surface area contributed by atoms with Gasteiger partial charge in [0, 0.05) is 31.9 Å². The van der Waals surface area contributed by atoms with Crippen LogP contribution in [-0.2, 0) is 4.74 Å². The smallest absolute Gasteiger partial charge is 0.319 e. The molecule has 0 aliphatic carbocycles. The lowest BCUT2D eigenvalue weighted by molar-refractivity contribution is 0.0388. The van der Waals surface area contributed by atoms with Gasteiger partial charge in [-0.2, -0.15) is 0 Å². The highest BCUT2D eigenvalue weighted by Crippen LogP contribution is 2.21. The number of benzene rings is 1. The number of hydrogen-bond acceptors (Lipinski definition) is 4. The van der Waals surface area contributed by atoms with E-state index < -0.39 is 0 Å². The average Bonchev–Trinajstić information content (AvgIpc) is 2.51. The highest BCUT2D eigenvalue weighted by Gasteiger charge is 2.10. The average molecular weight is 307 g/mol. The maximum Gasteiger partial charge on any atom is 0.319 e. The van der Waals surface area contributed by atoms with Crippen molar-refractivity contribution in [3.63, 3.8) is 0 Å². The molecule has 0 atom stereocenters. The molecule has 2 amide bonds. The summed E-state index contributed by atoms with van der Waals surface area (Å²) < 4.78 is 10.7. The molecule has 1 aromatic carbocycles. The highest BCUT2D eigenvalue weighted by atomic mass is 16.5. The van der Waals surface area contributed by atoms with Crippen molar-refractivity contribution in [1.29, 1.82) is 0 Å². The number of aryl methyl sites for hydroxylation is 1. The summed E-state index contributed by atoms with van der Waals surface area (Å²) >= 11 is 0. The number of urea groups is 1. The quantitative estimate of drug-likeness (QED) is 0.842. The number of nitrogens with one attached hydrogen (secondary N) is 2. The minimum absolute atomic E-state index is 0.180. The Hall–Kier alpha value is -1.79. The third kappa shape index (κ3) is 5.20. The molecule has 1 heterocycles. The van der Waals surface area contributed by atoms with Crippen LogP contribution in [0, 0.1) is 6.92 Å². The predicted molar refractivity (Wildman–Crippen MR) is 86.6 cm³/mol. The lowest BCUT2D eigenvalue weighted by Crippen LogP contribution is -2.42. The van der Waals surface area contributed by atoms with Gasteiger partial charge < -0.3 is 20.1 Å². The minimum atomic E-state index is -0.180. The van der Waals surface area contributed by atoms with Gasteiger partial charge in [-0.3, -0.25) is 4.90 Å². The molecule has 6 nitrogen and oxygen atoms in total. The molecular formula is C16H25N3O3. The summed E-state index contributed by atoms with van der Waals surface area (Å²) in [6.45, 7) is 9.42. The van der Waals surface area contributed by atoms with Gasteiger partial charge in [-0.1, -0.05) is 0 Å². The van der Waals surface area contributed by atoms with Crippen LogP contribution in [-0.4, -0.2) is 56.9 Å². The Morgan fingerprint density at radius 3 is 2.82 bits per heavy atom. The second kappa shape index (κ2) is 8.60. The number of carbonyl (C=O) groups excluding carboxylic acids is 1. The Bertz CT molecular complexity index is 488. The molecule has 1 aromatic rings. The van der Waals surface area contributed by atoms with Crippen LogP contribution in [0.4, 0.5) is 10.5 Å². The minimum Gasteiger partial charge on any atom is -0.494 e. The molecule has 0 unspecified atom stereocenters. The van der Waals surface area contributed by atoms with Gasteiger partial charge in [0.05, 0.1) is 19.8 Å². The Kier molecular flexibility index (Phi) is 6.48. The monoisotopic (exact) mass is 307 g/mol. The molecule has 122 valence electrons. The number of nitrogens with zero attached hydrogens (tertiary/aromatic N) is 1. The van der Waals surface area contributed by atoms with Crippen molar-refractivity contribution < 1.29 is 14.3 Å². The fourth-order valence-electron chi connectivity index (χ4n) is 2.35. The summed E-state index contributed by atoms with van der Waals surface area (Å²) in [4.78, 5) is 14.2. The van der Waals surface area contributed by atoms with Gasteiger partial charge in [0.1, 0.15) is 5.75 Å². The number of rotatable bonds is 6. The highest BCUT2D eigenvalue weighted by molar-refractivity contribution is 5.90. The van der Waals surface area contributed by atoms with E-state index in [-0.39, 0.29) is 6.03 Å². The largest absolute Gasteiger partial charge is 0.494 e. The summed E-state index contributed by atoms with van der Waals surface area (Å²) in [6, 6.07) is 5.47. The molecule has 1 fully saturated rings. The van der Waals surface area contributed by atoms with Crippen LogP contribution in [0.15, 0.2) is 18.2 Å². The Labute approximate surface area is 131 Å². The van der Waals surface area contributed by atoms with E-state index in [4.69, 9.17) is 9.47 Å². The van der Waals surface area contributed by atoms with Crippen molar-refractivity contribution in [1.82, 2.24) is 10.2 Å². The van der Waals surface area contributed by atoms with Crippen molar-refractivity contribution in [2.24, 2.45) is 0 Å². The number of anilines is 1. The Morgan fingerprint density at radius 2 is 2.14 bits per heavy atom. The number of amides is 2.